The van der Waals surface area contributed by atoms with Crippen molar-refractivity contribution in [1.29, 1.82) is 0 Å². The highest BCUT2D eigenvalue weighted by molar-refractivity contribution is 5.99. The molecule has 2 aromatic carbocycles. The van der Waals surface area contributed by atoms with Crippen LogP contribution in [0.4, 0.5) is 0 Å². The predicted octanol–water partition coefficient (Wildman–Crippen LogP) is 3.42. The van der Waals surface area contributed by atoms with Gasteiger partial charge in [-0.05, 0) is 42.3 Å². The number of rotatable bonds is 4. The Morgan fingerprint density at radius 1 is 1.00 bits per heavy atom. The largest absolute Gasteiger partial charge is 0.497 e. The molecule has 0 spiro atoms. The number of benzene rings is 2. The number of carbonyl (C=O) groups excluding carboxylic acids is 1. The lowest BCUT2D eigenvalue weighted by atomic mass is 10.1. The van der Waals surface area contributed by atoms with Crippen LogP contribution in [0.15, 0.2) is 42.5 Å². The maximum atomic E-state index is 12.6. The Labute approximate surface area is 130 Å². The number of fused-ring (bicyclic) bond motifs is 1. The fourth-order valence-corrected chi connectivity index (χ4v) is 2.85. The van der Waals surface area contributed by atoms with Crippen LogP contribution < -0.4 is 9.47 Å². The van der Waals surface area contributed by atoms with Gasteiger partial charge in [0.2, 0.25) is 0 Å². The van der Waals surface area contributed by atoms with Crippen molar-refractivity contribution in [1.82, 2.24) is 4.90 Å². The van der Waals surface area contributed by atoms with Crippen molar-refractivity contribution in [3.05, 3.63) is 59.2 Å². The maximum absolute atomic E-state index is 12.6. The van der Waals surface area contributed by atoms with E-state index >= 15 is 0 Å². The molecule has 0 saturated carbocycles. The Bertz CT molecular complexity index is 694. The number of ether oxygens (including phenoxy) is 2. The van der Waals surface area contributed by atoms with Crippen molar-refractivity contribution in [2.45, 2.75) is 19.5 Å². The van der Waals surface area contributed by atoms with E-state index in [2.05, 4.69) is 6.92 Å². The average molecular weight is 297 g/mol. The van der Waals surface area contributed by atoms with E-state index in [0.29, 0.717) is 12.3 Å². The van der Waals surface area contributed by atoms with Crippen LogP contribution in [0.2, 0.25) is 0 Å². The molecule has 3 rings (SSSR count). The molecule has 0 aliphatic carbocycles. The van der Waals surface area contributed by atoms with E-state index in [4.69, 9.17) is 9.47 Å². The van der Waals surface area contributed by atoms with Crippen molar-refractivity contribution >= 4 is 5.91 Å². The zero-order valence-electron chi connectivity index (χ0n) is 13.0. The third-order valence-electron chi connectivity index (χ3n) is 4.18. The summed E-state index contributed by atoms with van der Waals surface area (Å²) in [7, 11) is 3.25. The second kappa shape index (κ2) is 5.72. The molecule has 114 valence electrons. The molecule has 0 fully saturated rings. The van der Waals surface area contributed by atoms with E-state index in [0.717, 1.165) is 22.4 Å². The van der Waals surface area contributed by atoms with Gasteiger partial charge in [0.25, 0.3) is 5.91 Å². The minimum atomic E-state index is 0.0530. The summed E-state index contributed by atoms with van der Waals surface area (Å²) in [5.41, 5.74) is 2.88. The second-order valence-corrected chi connectivity index (χ2v) is 5.41. The first-order valence-electron chi connectivity index (χ1n) is 7.26. The Morgan fingerprint density at radius 2 is 1.64 bits per heavy atom. The molecule has 4 heteroatoms. The van der Waals surface area contributed by atoms with E-state index in [9.17, 15) is 4.79 Å². The molecular weight excluding hydrogens is 278 g/mol. The number of methoxy groups -OCH3 is 2. The lowest BCUT2D eigenvalue weighted by Gasteiger charge is -2.22. The van der Waals surface area contributed by atoms with Crippen LogP contribution in [0.25, 0.3) is 0 Å². The first-order valence-corrected chi connectivity index (χ1v) is 7.26. The zero-order chi connectivity index (χ0) is 15.7. The van der Waals surface area contributed by atoms with Gasteiger partial charge in [-0.15, -0.1) is 0 Å². The third kappa shape index (κ3) is 2.41. The van der Waals surface area contributed by atoms with Gasteiger partial charge in [-0.2, -0.15) is 0 Å². The highest BCUT2D eigenvalue weighted by Gasteiger charge is 2.33. The van der Waals surface area contributed by atoms with Gasteiger partial charge in [0.15, 0.2) is 0 Å². The molecular formula is C18H19NO3. The van der Waals surface area contributed by atoms with Gasteiger partial charge < -0.3 is 14.4 Å². The number of nitrogens with zero attached hydrogens (tertiary/aromatic N) is 1. The zero-order valence-corrected chi connectivity index (χ0v) is 13.0. The topological polar surface area (TPSA) is 38.8 Å². The van der Waals surface area contributed by atoms with Crippen molar-refractivity contribution in [2.75, 3.05) is 14.2 Å². The van der Waals surface area contributed by atoms with Crippen LogP contribution in [0.5, 0.6) is 11.5 Å². The fraction of sp³-hybridized carbons (Fsp3) is 0.278. The van der Waals surface area contributed by atoms with Gasteiger partial charge in [0.1, 0.15) is 11.5 Å². The molecule has 0 bridgehead atoms. The summed E-state index contributed by atoms with van der Waals surface area (Å²) in [4.78, 5) is 14.5. The normalized spacial score (nSPS) is 16.6. The lowest BCUT2D eigenvalue weighted by molar-refractivity contribution is 0.0723. The summed E-state index contributed by atoms with van der Waals surface area (Å²) in [6.45, 7) is 2.64. The Kier molecular flexibility index (Phi) is 3.75. The van der Waals surface area contributed by atoms with E-state index < -0.39 is 0 Å². The first kappa shape index (κ1) is 14.4. The van der Waals surface area contributed by atoms with Gasteiger partial charge in [0, 0.05) is 12.1 Å². The highest BCUT2D eigenvalue weighted by atomic mass is 16.5. The fourth-order valence-electron chi connectivity index (χ4n) is 2.85. The quantitative estimate of drug-likeness (QED) is 0.868. The van der Waals surface area contributed by atoms with Crippen LogP contribution >= 0.6 is 0 Å². The Hall–Kier alpha value is -2.49. The van der Waals surface area contributed by atoms with Crippen LogP contribution in [0.3, 0.4) is 0 Å². The van der Waals surface area contributed by atoms with Crippen molar-refractivity contribution in [2.24, 2.45) is 0 Å². The minimum Gasteiger partial charge on any atom is -0.497 e. The van der Waals surface area contributed by atoms with Crippen LogP contribution in [-0.4, -0.2) is 25.0 Å². The van der Waals surface area contributed by atoms with E-state index in [-0.39, 0.29) is 11.9 Å². The number of hydrogen-bond acceptors (Lipinski definition) is 3. The molecule has 0 N–H and O–H groups in total. The standard InChI is InChI=1S/C18H19NO3/c1-12-16-9-8-15(22-3)10-17(16)18(20)19(12)11-13-4-6-14(21-2)7-5-13/h4-10,12H,11H2,1-3H3. The summed E-state index contributed by atoms with van der Waals surface area (Å²) in [5.74, 6) is 1.58. The van der Waals surface area contributed by atoms with Crippen LogP contribution in [-0.2, 0) is 6.54 Å². The van der Waals surface area contributed by atoms with Gasteiger partial charge in [-0.1, -0.05) is 18.2 Å². The van der Waals surface area contributed by atoms with Gasteiger partial charge >= 0.3 is 0 Å². The smallest absolute Gasteiger partial charge is 0.255 e. The number of carbonyl (C=O) groups is 1. The molecule has 4 nitrogen and oxygen atoms in total. The molecule has 1 unspecified atom stereocenters. The monoisotopic (exact) mass is 297 g/mol. The Balaban J connectivity index is 1.85. The first-order chi connectivity index (χ1) is 10.6. The van der Waals surface area contributed by atoms with E-state index in [1.165, 1.54) is 0 Å². The van der Waals surface area contributed by atoms with Crippen LogP contribution in [0.1, 0.15) is 34.5 Å². The van der Waals surface area contributed by atoms with Crippen molar-refractivity contribution in [3.8, 4) is 11.5 Å². The SMILES string of the molecule is COc1ccc(CN2C(=O)c3cc(OC)ccc3C2C)cc1. The van der Waals surface area contributed by atoms with E-state index in [1.54, 1.807) is 14.2 Å². The summed E-state index contributed by atoms with van der Waals surface area (Å²) < 4.78 is 10.4. The highest BCUT2D eigenvalue weighted by Crippen LogP contribution is 2.36. The molecule has 1 heterocycles. The molecule has 1 amide bonds. The molecule has 2 aromatic rings. The van der Waals surface area contributed by atoms with Crippen LogP contribution in [0, 0.1) is 0 Å². The van der Waals surface area contributed by atoms with Gasteiger partial charge in [-0.25, -0.2) is 0 Å². The van der Waals surface area contributed by atoms with Crippen molar-refractivity contribution < 1.29 is 14.3 Å². The minimum absolute atomic E-state index is 0.0530. The molecule has 1 aliphatic heterocycles. The predicted molar refractivity (Wildman–Crippen MR) is 84.3 cm³/mol. The lowest BCUT2D eigenvalue weighted by Crippen LogP contribution is -2.26. The summed E-state index contributed by atoms with van der Waals surface area (Å²) in [6.07, 6.45) is 0. The summed E-state index contributed by atoms with van der Waals surface area (Å²) >= 11 is 0. The van der Waals surface area contributed by atoms with Crippen molar-refractivity contribution in [3.63, 3.8) is 0 Å². The molecule has 0 saturated heterocycles. The molecule has 1 atom stereocenters. The number of amides is 1. The summed E-state index contributed by atoms with van der Waals surface area (Å²) in [6, 6.07) is 13.6. The molecule has 1 aliphatic rings. The molecule has 0 aromatic heterocycles. The maximum Gasteiger partial charge on any atom is 0.255 e. The molecule has 0 radical (unpaired) electrons. The van der Waals surface area contributed by atoms with E-state index in [1.807, 2.05) is 47.4 Å². The Morgan fingerprint density at radius 3 is 2.27 bits per heavy atom. The van der Waals surface area contributed by atoms with Gasteiger partial charge in [0.05, 0.1) is 20.3 Å². The summed E-state index contributed by atoms with van der Waals surface area (Å²) in [5, 5.41) is 0. The number of hydrogen-bond donors (Lipinski definition) is 0. The third-order valence-corrected chi connectivity index (χ3v) is 4.18. The van der Waals surface area contributed by atoms with Gasteiger partial charge in [-0.3, -0.25) is 4.79 Å². The second-order valence-electron chi connectivity index (χ2n) is 5.41. The average Bonchev–Trinajstić information content (AvgIpc) is 2.80. The molecule has 22 heavy (non-hydrogen) atoms.